The number of ether oxygens (including phenoxy) is 1. The van der Waals surface area contributed by atoms with Crippen LogP contribution in [-0.4, -0.2) is 43.4 Å². The van der Waals surface area contributed by atoms with E-state index in [2.05, 4.69) is 10.6 Å². The molecule has 0 aliphatic heterocycles. The fraction of sp³-hybridized carbons (Fsp3) is 0.846. The van der Waals surface area contributed by atoms with Crippen LogP contribution in [0.4, 0.5) is 4.79 Å². The van der Waals surface area contributed by atoms with Gasteiger partial charge in [0.25, 0.3) is 0 Å². The first kappa shape index (κ1) is 17.7. The van der Waals surface area contributed by atoms with Gasteiger partial charge in [0.2, 0.25) is 0 Å². The van der Waals surface area contributed by atoms with Crippen molar-refractivity contribution in [2.75, 3.05) is 20.2 Å². The molecule has 0 aliphatic rings. The van der Waals surface area contributed by atoms with Crippen LogP contribution in [0.2, 0.25) is 0 Å². The number of urea groups is 1. The Labute approximate surface area is 114 Å². The van der Waals surface area contributed by atoms with E-state index in [0.29, 0.717) is 25.4 Å². The van der Waals surface area contributed by atoms with Crippen LogP contribution in [0.3, 0.4) is 0 Å². The van der Waals surface area contributed by atoms with E-state index in [4.69, 9.17) is 9.84 Å². The predicted octanol–water partition coefficient (Wildman–Crippen LogP) is 1.46. The van der Waals surface area contributed by atoms with Gasteiger partial charge in [-0.05, 0) is 26.2 Å². The highest BCUT2D eigenvalue weighted by molar-refractivity contribution is 5.75. The molecular formula is C13H26N2O4. The van der Waals surface area contributed by atoms with Crippen LogP contribution < -0.4 is 10.6 Å². The SMILES string of the molecule is COC(CNC(=O)NCCC(C)(C)C(=O)O)C(C)C. The number of carboxylic acid groups (broad SMARTS) is 1. The number of hydrogen-bond acceptors (Lipinski definition) is 3. The smallest absolute Gasteiger partial charge is 0.314 e. The molecule has 0 aromatic heterocycles. The zero-order chi connectivity index (χ0) is 15.1. The summed E-state index contributed by atoms with van der Waals surface area (Å²) < 4.78 is 5.23. The van der Waals surface area contributed by atoms with E-state index in [9.17, 15) is 9.59 Å². The first-order valence-corrected chi connectivity index (χ1v) is 6.48. The summed E-state index contributed by atoms with van der Waals surface area (Å²) >= 11 is 0. The number of nitrogens with one attached hydrogen (secondary N) is 2. The Morgan fingerprint density at radius 1 is 1.26 bits per heavy atom. The van der Waals surface area contributed by atoms with Crippen LogP contribution >= 0.6 is 0 Å². The molecule has 0 aromatic rings. The molecule has 0 fully saturated rings. The van der Waals surface area contributed by atoms with Gasteiger partial charge in [-0.15, -0.1) is 0 Å². The quantitative estimate of drug-likeness (QED) is 0.625. The second kappa shape index (κ2) is 7.99. The minimum Gasteiger partial charge on any atom is -0.481 e. The Kier molecular flexibility index (Phi) is 7.44. The van der Waals surface area contributed by atoms with Crippen molar-refractivity contribution in [1.29, 1.82) is 0 Å². The normalized spacial score (nSPS) is 13.2. The van der Waals surface area contributed by atoms with Gasteiger partial charge in [-0.3, -0.25) is 4.79 Å². The van der Waals surface area contributed by atoms with Crippen LogP contribution in [0.25, 0.3) is 0 Å². The molecule has 112 valence electrons. The minimum absolute atomic E-state index is 0.0267. The van der Waals surface area contributed by atoms with E-state index >= 15 is 0 Å². The molecule has 19 heavy (non-hydrogen) atoms. The van der Waals surface area contributed by atoms with Crippen LogP contribution in [0, 0.1) is 11.3 Å². The average Bonchev–Trinajstić information content (AvgIpc) is 2.28. The molecule has 1 atom stereocenters. The van der Waals surface area contributed by atoms with Gasteiger partial charge in [-0.25, -0.2) is 4.79 Å². The summed E-state index contributed by atoms with van der Waals surface area (Å²) in [7, 11) is 1.61. The van der Waals surface area contributed by atoms with Crippen molar-refractivity contribution < 1.29 is 19.4 Å². The maximum Gasteiger partial charge on any atom is 0.314 e. The lowest BCUT2D eigenvalue weighted by molar-refractivity contribution is -0.147. The predicted molar refractivity (Wildman–Crippen MR) is 73.1 cm³/mol. The largest absolute Gasteiger partial charge is 0.481 e. The third kappa shape index (κ3) is 7.00. The third-order valence-electron chi connectivity index (χ3n) is 3.12. The number of methoxy groups -OCH3 is 1. The average molecular weight is 274 g/mol. The lowest BCUT2D eigenvalue weighted by atomic mass is 9.90. The number of carbonyl (C=O) groups is 2. The summed E-state index contributed by atoms with van der Waals surface area (Å²) in [6, 6.07) is -0.302. The van der Waals surface area contributed by atoms with Gasteiger partial charge in [0.05, 0.1) is 11.5 Å². The van der Waals surface area contributed by atoms with Crippen molar-refractivity contribution in [2.24, 2.45) is 11.3 Å². The Balaban J connectivity index is 3.91. The van der Waals surface area contributed by atoms with Crippen molar-refractivity contribution in [3.05, 3.63) is 0 Å². The number of rotatable bonds is 8. The molecule has 0 radical (unpaired) electrons. The molecule has 0 aliphatic carbocycles. The standard InChI is InChI=1S/C13H26N2O4/c1-9(2)10(19-5)8-15-12(18)14-7-6-13(3,4)11(16)17/h9-10H,6-8H2,1-5H3,(H,16,17)(H2,14,15,18). The zero-order valence-corrected chi connectivity index (χ0v) is 12.4. The van der Waals surface area contributed by atoms with Crippen LogP contribution in [0.15, 0.2) is 0 Å². The van der Waals surface area contributed by atoms with Gasteiger partial charge in [0.1, 0.15) is 0 Å². The Morgan fingerprint density at radius 2 is 1.84 bits per heavy atom. The first-order valence-electron chi connectivity index (χ1n) is 6.48. The van der Waals surface area contributed by atoms with Gasteiger partial charge < -0.3 is 20.5 Å². The molecule has 0 saturated carbocycles. The molecular weight excluding hydrogens is 248 g/mol. The van der Waals surface area contributed by atoms with E-state index in [1.807, 2.05) is 13.8 Å². The van der Waals surface area contributed by atoms with Crippen LogP contribution in [0.1, 0.15) is 34.1 Å². The summed E-state index contributed by atoms with van der Waals surface area (Å²) in [5, 5.41) is 14.3. The number of carbonyl (C=O) groups excluding carboxylic acids is 1. The molecule has 6 heteroatoms. The van der Waals surface area contributed by atoms with Crippen LogP contribution in [-0.2, 0) is 9.53 Å². The molecule has 0 rings (SSSR count). The minimum atomic E-state index is -0.867. The summed E-state index contributed by atoms with van der Waals surface area (Å²) in [6.07, 6.45) is 0.356. The van der Waals surface area contributed by atoms with Crippen molar-refractivity contribution >= 4 is 12.0 Å². The fourth-order valence-electron chi connectivity index (χ4n) is 1.44. The number of amides is 2. The Hall–Kier alpha value is -1.30. The molecule has 0 spiro atoms. The molecule has 0 heterocycles. The van der Waals surface area contributed by atoms with E-state index in [1.54, 1.807) is 21.0 Å². The van der Waals surface area contributed by atoms with Gasteiger partial charge in [-0.2, -0.15) is 0 Å². The van der Waals surface area contributed by atoms with Crippen molar-refractivity contribution in [3.63, 3.8) is 0 Å². The van der Waals surface area contributed by atoms with E-state index in [1.165, 1.54) is 0 Å². The van der Waals surface area contributed by atoms with Gasteiger partial charge in [0, 0.05) is 20.2 Å². The van der Waals surface area contributed by atoms with Crippen molar-refractivity contribution in [2.45, 2.75) is 40.2 Å². The Bertz CT molecular complexity index is 303. The maximum atomic E-state index is 11.5. The summed E-state index contributed by atoms with van der Waals surface area (Å²) in [6.45, 7) is 8.06. The monoisotopic (exact) mass is 274 g/mol. The molecule has 0 saturated heterocycles. The molecule has 2 amide bonds. The first-order chi connectivity index (χ1) is 8.70. The van der Waals surface area contributed by atoms with Gasteiger partial charge in [-0.1, -0.05) is 13.8 Å². The maximum absolute atomic E-state index is 11.5. The van der Waals surface area contributed by atoms with Gasteiger partial charge in [0.15, 0.2) is 0 Å². The second-order valence-corrected chi connectivity index (χ2v) is 5.59. The number of carboxylic acids is 1. The molecule has 0 bridgehead atoms. The number of aliphatic carboxylic acids is 1. The van der Waals surface area contributed by atoms with Crippen molar-refractivity contribution in [3.8, 4) is 0 Å². The van der Waals surface area contributed by atoms with E-state index in [-0.39, 0.29) is 12.1 Å². The molecule has 0 aromatic carbocycles. The zero-order valence-electron chi connectivity index (χ0n) is 12.4. The van der Waals surface area contributed by atoms with Crippen molar-refractivity contribution in [1.82, 2.24) is 10.6 Å². The number of hydrogen-bond donors (Lipinski definition) is 3. The lowest BCUT2D eigenvalue weighted by Crippen LogP contribution is -2.43. The summed E-state index contributed by atoms with van der Waals surface area (Å²) in [4.78, 5) is 22.4. The molecule has 3 N–H and O–H groups in total. The summed E-state index contributed by atoms with van der Waals surface area (Å²) in [5.41, 5.74) is -0.833. The second-order valence-electron chi connectivity index (χ2n) is 5.59. The van der Waals surface area contributed by atoms with Gasteiger partial charge >= 0.3 is 12.0 Å². The van der Waals surface area contributed by atoms with E-state index in [0.717, 1.165) is 0 Å². The fourth-order valence-corrected chi connectivity index (χ4v) is 1.44. The topological polar surface area (TPSA) is 87.7 Å². The summed E-state index contributed by atoms with van der Waals surface area (Å²) in [5.74, 6) is -0.551. The molecule has 6 nitrogen and oxygen atoms in total. The third-order valence-corrected chi connectivity index (χ3v) is 3.12. The van der Waals surface area contributed by atoms with Crippen LogP contribution in [0.5, 0.6) is 0 Å². The Morgan fingerprint density at radius 3 is 2.26 bits per heavy atom. The highest BCUT2D eigenvalue weighted by atomic mass is 16.5. The molecule has 1 unspecified atom stereocenters. The highest BCUT2D eigenvalue weighted by Crippen LogP contribution is 2.19. The highest BCUT2D eigenvalue weighted by Gasteiger charge is 2.26. The van der Waals surface area contributed by atoms with E-state index < -0.39 is 11.4 Å². The lowest BCUT2D eigenvalue weighted by Gasteiger charge is -2.21.